The number of aromatic nitrogens is 2. The zero-order valence-corrected chi connectivity index (χ0v) is 18.6. The fourth-order valence-electron chi connectivity index (χ4n) is 3.70. The number of nitrogens with zero attached hydrogens (tertiary/aromatic N) is 3. The van der Waals surface area contributed by atoms with Crippen LogP contribution in [0.3, 0.4) is 0 Å². The molecule has 0 spiro atoms. The number of benzene rings is 3. The van der Waals surface area contributed by atoms with Crippen LogP contribution in [0.15, 0.2) is 66.3 Å². The first kappa shape index (κ1) is 21.0. The third kappa shape index (κ3) is 3.89. The molecule has 3 aromatic carbocycles. The van der Waals surface area contributed by atoms with Crippen LogP contribution in [0.25, 0.3) is 32.2 Å². The van der Waals surface area contributed by atoms with Gasteiger partial charge in [-0.3, -0.25) is 9.78 Å². The summed E-state index contributed by atoms with van der Waals surface area (Å²) in [5.74, 6) is -1.60. The van der Waals surface area contributed by atoms with E-state index < -0.39 is 11.6 Å². The number of rotatable bonds is 4. The van der Waals surface area contributed by atoms with Gasteiger partial charge in [-0.05, 0) is 42.5 Å². The average molecular weight is 461 g/mol. The molecule has 33 heavy (non-hydrogen) atoms. The lowest BCUT2D eigenvalue weighted by atomic mass is 9.99. The van der Waals surface area contributed by atoms with Crippen molar-refractivity contribution in [3.63, 3.8) is 0 Å². The molecule has 1 N–H and O–H groups in total. The highest BCUT2D eigenvalue weighted by Gasteiger charge is 2.17. The van der Waals surface area contributed by atoms with Crippen molar-refractivity contribution in [2.75, 3.05) is 19.4 Å². The number of pyridine rings is 1. The molecular weight excluding hydrogens is 442 g/mol. The topological polar surface area (TPSA) is 58.1 Å². The van der Waals surface area contributed by atoms with Crippen LogP contribution < -0.4 is 5.32 Å². The van der Waals surface area contributed by atoms with E-state index in [2.05, 4.69) is 15.3 Å². The van der Waals surface area contributed by atoms with Gasteiger partial charge in [-0.2, -0.15) is 0 Å². The molecule has 5 rings (SSSR count). The molecule has 0 aliphatic rings. The number of carbonyl (C=O) groups excluding carboxylic acids is 1. The van der Waals surface area contributed by atoms with Crippen LogP contribution in [-0.4, -0.2) is 34.9 Å². The summed E-state index contributed by atoms with van der Waals surface area (Å²) >= 11 is 1.56. The van der Waals surface area contributed by atoms with Crippen molar-refractivity contribution in [1.29, 1.82) is 0 Å². The number of anilines is 2. The van der Waals surface area contributed by atoms with E-state index in [-0.39, 0.29) is 22.6 Å². The third-order valence-electron chi connectivity index (χ3n) is 5.35. The number of thiazole rings is 1. The minimum atomic E-state index is -0.673. The lowest BCUT2D eigenvalue weighted by Crippen LogP contribution is -2.21. The highest BCUT2D eigenvalue weighted by atomic mass is 32.1. The molecule has 0 radical (unpaired) electrons. The van der Waals surface area contributed by atoms with Crippen LogP contribution >= 0.6 is 11.3 Å². The van der Waals surface area contributed by atoms with Crippen molar-refractivity contribution in [2.45, 2.75) is 0 Å². The Balaban J connectivity index is 1.58. The van der Waals surface area contributed by atoms with Gasteiger partial charge in [0.1, 0.15) is 11.6 Å². The van der Waals surface area contributed by atoms with E-state index in [1.807, 2.05) is 18.2 Å². The Morgan fingerprint density at radius 2 is 1.73 bits per heavy atom. The van der Waals surface area contributed by atoms with Gasteiger partial charge < -0.3 is 10.2 Å². The first-order valence-electron chi connectivity index (χ1n) is 10.1. The van der Waals surface area contributed by atoms with Gasteiger partial charge in [0.15, 0.2) is 0 Å². The predicted molar refractivity (Wildman–Crippen MR) is 128 cm³/mol. The zero-order chi connectivity index (χ0) is 23.1. The molecule has 5 aromatic rings. The Morgan fingerprint density at radius 3 is 2.52 bits per heavy atom. The number of hydrogen-bond acceptors (Lipinski definition) is 5. The van der Waals surface area contributed by atoms with Crippen LogP contribution in [0.2, 0.25) is 0 Å². The third-order valence-corrected chi connectivity index (χ3v) is 6.16. The lowest BCUT2D eigenvalue weighted by molar-refractivity contribution is 0.0827. The van der Waals surface area contributed by atoms with Gasteiger partial charge in [0.05, 0.1) is 21.2 Å². The second kappa shape index (κ2) is 8.22. The zero-order valence-electron chi connectivity index (χ0n) is 17.8. The van der Waals surface area contributed by atoms with Crippen LogP contribution in [0.4, 0.5) is 20.2 Å². The Labute approximate surface area is 192 Å². The molecular formula is C25H18F2N4OS. The largest absolute Gasteiger partial charge is 0.355 e. The summed E-state index contributed by atoms with van der Waals surface area (Å²) in [6.45, 7) is 0. The standard InChI is InChI=1S/C25H18F2N4OS/c1-31(2)25(32)14-3-5-16(19(26)9-14)17-11-18-21(7-8-28-22(18)12-20(17)27)30-15-4-6-24-23(10-15)29-13-33-24/h3-13H,1-2H3,(H,28,30). The summed E-state index contributed by atoms with van der Waals surface area (Å²) < 4.78 is 31.0. The van der Waals surface area contributed by atoms with Crippen molar-refractivity contribution < 1.29 is 13.6 Å². The van der Waals surface area contributed by atoms with Crippen molar-refractivity contribution in [1.82, 2.24) is 14.9 Å². The molecule has 0 fully saturated rings. The highest BCUT2D eigenvalue weighted by molar-refractivity contribution is 7.16. The molecule has 0 unspecified atom stereocenters. The highest BCUT2D eigenvalue weighted by Crippen LogP contribution is 2.34. The normalized spacial score (nSPS) is 11.2. The van der Waals surface area contributed by atoms with Gasteiger partial charge >= 0.3 is 0 Å². The first-order chi connectivity index (χ1) is 15.9. The number of amides is 1. The van der Waals surface area contributed by atoms with Gasteiger partial charge in [0.2, 0.25) is 0 Å². The smallest absolute Gasteiger partial charge is 0.253 e. The molecule has 0 saturated carbocycles. The number of carbonyl (C=O) groups is 1. The van der Waals surface area contributed by atoms with Gasteiger partial charge in [-0.25, -0.2) is 13.8 Å². The maximum atomic E-state index is 15.0. The van der Waals surface area contributed by atoms with E-state index in [1.165, 1.54) is 23.1 Å². The summed E-state index contributed by atoms with van der Waals surface area (Å²) in [4.78, 5) is 22.1. The summed E-state index contributed by atoms with van der Waals surface area (Å²) in [5.41, 5.74) is 5.00. The Hall–Kier alpha value is -3.91. The fourth-order valence-corrected chi connectivity index (χ4v) is 4.36. The van der Waals surface area contributed by atoms with Gasteiger partial charge in [0.25, 0.3) is 5.91 Å². The van der Waals surface area contributed by atoms with Crippen molar-refractivity contribution >= 4 is 49.7 Å². The van der Waals surface area contributed by atoms with Gasteiger partial charge in [-0.1, -0.05) is 6.07 Å². The van der Waals surface area contributed by atoms with E-state index in [1.54, 1.807) is 49.3 Å². The first-order valence-corrected chi connectivity index (χ1v) is 11.0. The molecule has 0 aliphatic carbocycles. The summed E-state index contributed by atoms with van der Waals surface area (Å²) in [7, 11) is 3.18. The van der Waals surface area contributed by atoms with E-state index >= 15 is 0 Å². The van der Waals surface area contributed by atoms with Crippen molar-refractivity contribution in [3.8, 4) is 11.1 Å². The maximum Gasteiger partial charge on any atom is 0.253 e. The van der Waals surface area contributed by atoms with Crippen LogP contribution in [0.1, 0.15) is 10.4 Å². The quantitative estimate of drug-likeness (QED) is 0.345. The number of fused-ring (bicyclic) bond motifs is 2. The minimum absolute atomic E-state index is 0.0726. The van der Waals surface area contributed by atoms with E-state index in [4.69, 9.17) is 0 Å². The maximum absolute atomic E-state index is 15.0. The van der Waals surface area contributed by atoms with Crippen LogP contribution in [0, 0.1) is 11.6 Å². The molecule has 2 heterocycles. The average Bonchev–Trinajstić information content (AvgIpc) is 3.26. The molecule has 2 aromatic heterocycles. The molecule has 1 amide bonds. The number of nitrogens with one attached hydrogen (secondary N) is 1. The Kier molecular flexibility index (Phi) is 5.22. The lowest BCUT2D eigenvalue weighted by Gasteiger charge is -2.14. The molecule has 0 atom stereocenters. The molecule has 0 aliphatic heterocycles. The molecule has 8 heteroatoms. The molecule has 5 nitrogen and oxygen atoms in total. The van der Waals surface area contributed by atoms with E-state index in [9.17, 15) is 13.6 Å². The monoisotopic (exact) mass is 460 g/mol. The second-order valence-electron chi connectivity index (χ2n) is 7.76. The van der Waals surface area contributed by atoms with Gasteiger partial charge in [0, 0.05) is 59.8 Å². The molecule has 164 valence electrons. The number of halogens is 2. The number of hydrogen-bond donors (Lipinski definition) is 1. The van der Waals surface area contributed by atoms with Crippen molar-refractivity contribution in [2.24, 2.45) is 0 Å². The fraction of sp³-hybridized carbons (Fsp3) is 0.0800. The van der Waals surface area contributed by atoms with Gasteiger partial charge in [-0.15, -0.1) is 11.3 Å². The summed E-state index contributed by atoms with van der Waals surface area (Å²) in [6.07, 6.45) is 1.59. The SMILES string of the molecule is CN(C)C(=O)c1ccc(-c2cc3c(Nc4ccc5scnc5c4)ccnc3cc2F)c(F)c1. The molecule has 0 bridgehead atoms. The summed E-state index contributed by atoms with van der Waals surface area (Å²) in [5, 5.41) is 3.98. The van der Waals surface area contributed by atoms with E-state index in [0.29, 0.717) is 16.6 Å². The van der Waals surface area contributed by atoms with Crippen molar-refractivity contribution in [3.05, 3.63) is 83.5 Å². The summed E-state index contributed by atoms with van der Waals surface area (Å²) in [6, 6.07) is 14.6. The van der Waals surface area contributed by atoms with Crippen LogP contribution in [0.5, 0.6) is 0 Å². The van der Waals surface area contributed by atoms with Crippen LogP contribution in [-0.2, 0) is 0 Å². The minimum Gasteiger partial charge on any atom is -0.355 e. The Bertz CT molecular complexity index is 1530. The van der Waals surface area contributed by atoms with E-state index in [0.717, 1.165) is 22.0 Å². The molecule has 0 saturated heterocycles. The second-order valence-corrected chi connectivity index (χ2v) is 8.65. The predicted octanol–water partition coefficient (Wildman–Crippen LogP) is 6.24. The Morgan fingerprint density at radius 1 is 0.909 bits per heavy atom.